The fourth-order valence-corrected chi connectivity index (χ4v) is 2.94. The molecule has 0 spiro atoms. The quantitative estimate of drug-likeness (QED) is 0.531. The zero-order valence-electron chi connectivity index (χ0n) is 15.6. The molecule has 8 heteroatoms. The van der Waals surface area contributed by atoms with Crippen molar-refractivity contribution in [2.24, 2.45) is 0 Å². The van der Waals surface area contributed by atoms with E-state index in [1.165, 1.54) is 0 Å². The van der Waals surface area contributed by atoms with E-state index in [0.717, 1.165) is 57.0 Å². The average Bonchev–Trinajstić information content (AvgIpc) is 3.19. The lowest BCUT2D eigenvalue weighted by atomic mass is 10.1. The van der Waals surface area contributed by atoms with E-state index in [1.807, 2.05) is 24.3 Å². The average molecular weight is 374 g/mol. The van der Waals surface area contributed by atoms with Crippen LogP contribution in [0.1, 0.15) is 30.3 Å². The van der Waals surface area contributed by atoms with Gasteiger partial charge in [0.15, 0.2) is 5.69 Å². The van der Waals surface area contributed by atoms with Crippen molar-refractivity contribution in [3.63, 3.8) is 0 Å². The number of hydrogen-bond acceptors (Lipinski definition) is 7. The second-order valence-electron chi connectivity index (χ2n) is 6.28. The minimum Gasteiger partial charge on any atom is -0.494 e. The number of nitrogens with one attached hydrogen (secondary N) is 1. The van der Waals surface area contributed by atoms with Gasteiger partial charge in [0.05, 0.1) is 26.4 Å². The summed E-state index contributed by atoms with van der Waals surface area (Å²) in [6, 6.07) is 7.48. The van der Waals surface area contributed by atoms with Gasteiger partial charge in [-0.15, -0.1) is 5.10 Å². The Morgan fingerprint density at radius 1 is 1.19 bits per heavy atom. The maximum Gasteiger partial charge on any atom is 0.361 e. The van der Waals surface area contributed by atoms with Crippen LogP contribution in [0.3, 0.4) is 0 Å². The van der Waals surface area contributed by atoms with E-state index in [4.69, 9.17) is 14.2 Å². The molecule has 0 bridgehead atoms. The van der Waals surface area contributed by atoms with E-state index >= 15 is 0 Å². The zero-order chi connectivity index (χ0) is 18.9. The summed E-state index contributed by atoms with van der Waals surface area (Å²) in [6.45, 7) is 7.55. The van der Waals surface area contributed by atoms with Crippen LogP contribution in [0.5, 0.6) is 5.75 Å². The molecular weight excluding hydrogens is 348 g/mol. The lowest BCUT2D eigenvalue weighted by Crippen LogP contribution is -2.36. The number of carbonyl (C=O) groups excluding carboxylic acids is 1. The topological polar surface area (TPSA) is 89.6 Å². The van der Waals surface area contributed by atoms with Crippen molar-refractivity contribution >= 4 is 5.97 Å². The largest absolute Gasteiger partial charge is 0.494 e. The van der Waals surface area contributed by atoms with Crippen molar-refractivity contribution < 1.29 is 19.0 Å². The van der Waals surface area contributed by atoms with Crippen LogP contribution in [0.15, 0.2) is 24.3 Å². The molecule has 1 N–H and O–H groups in total. The molecule has 1 saturated heterocycles. The molecular formula is C19H26N4O4. The minimum atomic E-state index is -0.484. The Balaban J connectivity index is 1.45. The molecule has 1 aromatic heterocycles. The SMILES string of the molecule is CCOC(=O)c1n[nH]nc1-c1ccc(OCCCCN2CCOCC2)cc1. The van der Waals surface area contributed by atoms with Gasteiger partial charge in [0, 0.05) is 18.7 Å². The van der Waals surface area contributed by atoms with E-state index < -0.39 is 5.97 Å². The van der Waals surface area contributed by atoms with Gasteiger partial charge >= 0.3 is 5.97 Å². The van der Waals surface area contributed by atoms with Crippen molar-refractivity contribution in [2.75, 3.05) is 46.1 Å². The first-order chi connectivity index (χ1) is 13.3. The predicted molar refractivity (Wildman–Crippen MR) is 99.8 cm³/mol. The summed E-state index contributed by atoms with van der Waals surface area (Å²) in [5, 5.41) is 10.4. The number of rotatable bonds is 9. The van der Waals surface area contributed by atoms with Crippen LogP contribution in [0.4, 0.5) is 0 Å². The van der Waals surface area contributed by atoms with Gasteiger partial charge in [0.2, 0.25) is 0 Å². The first kappa shape index (κ1) is 19.3. The van der Waals surface area contributed by atoms with Gasteiger partial charge in [-0.2, -0.15) is 10.3 Å². The summed E-state index contributed by atoms with van der Waals surface area (Å²) in [4.78, 5) is 14.3. The van der Waals surface area contributed by atoms with E-state index in [0.29, 0.717) is 18.9 Å². The number of hydrogen-bond donors (Lipinski definition) is 1. The molecule has 1 aliphatic heterocycles. The molecule has 2 heterocycles. The van der Waals surface area contributed by atoms with Gasteiger partial charge in [0.25, 0.3) is 0 Å². The maximum atomic E-state index is 11.9. The van der Waals surface area contributed by atoms with Gasteiger partial charge in [0.1, 0.15) is 11.4 Å². The van der Waals surface area contributed by atoms with E-state index in [1.54, 1.807) is 6.92 Å². The molecule has 1 aliphatic rings. The lowest BCUT2D eigenvalue weighted by Gasteiger charge is -2.26. The molecule has 0 saturated carbocycles. The number of benzene rings is 1. The van der Waals surface area contributed by atoms with Crippen LogP contribution in [-0.2, 0) is 9.47 Å². The molecule has 27 heavy (non-hydrogen) atoms. The first-order valence-electron chi connectivity index (χ1n) is 9.39. The molecule has 146 valence electrons. The first-order valence-corrected chi connectivity index (χ1v) is 9.39. The van der Waals surface area contributed by atoms with E-state index in [9.17, 15) is 4.79 Å². The van der Waals surface area contributed by atoms with Crippen LogP contribution in [0, 0.1) is 0 Å². The molecule has 0 amide bonds. The normalized spacial score (nSPS) is 14.9. The molecule has 0 unspecified atom stereocenters. The molecule has 2 aromatic rings. The third-order valence-corrected chi connectivity index (χ3v) is 4.39. The summed E-state index contributed by atoms with van der Waals surface area (Å²) >= 11 is 0. The Hall–Kier alpha value is -2.45. The molecule has 0 aliphatic carbocycles. The fraction of sp³-hybridized carbons (Fsp3) is 0.526. The molecule has 0 radical (unpaired) electrons. The van der Waals surface area contributed by atoms with Gasteiger partial charge in [-0.05, 0) is 50.6 Å². The van der Waals surface area contributed by atoms with Crippen LogP contribution < -0.4 is 4.74 Å². The van der Waals surface area contributed by atoms with Gasteiger partial charge < -0.3 is 14.2 Å². The highest BCUT2D eigenvalue weighted by Crippen LogP contribution is 2.23. The molecule has 1 aromatic carbocycles. The van der Waals surface area contributed by atoms with Crippen LogP contribution in [0.2, 0.25) is 0 Å². The van der Waals surface area contributed by atoms with Crippen molar-refractivity contribution in [2.45, 2.75) is 19.8 Å². The third kappa shape index (κ3) is 5.51. The van der Waals surface area contributed by atoms with Gasteiger partial charge in [-0.3, -0.25) is 4.90 Å². The summed E-state index contributed by atoms with van der Waals surface area (Å²) in [5.41, 5.74) is 1.45. The Morgan fingerprint density at radius 2 is 1.96 bits per heavy atom. The smallest absolute Gasteiger partial charge is 0.361 e. The molecule has 8 nitrogen and oxygen atoms in total. The summed E-state index contributed by atoms with van der Waals surface area (Å²) in [6.07, 6.45) is 2.12. The van der Waals surface area contributed by atoms with Crippen molar-refractivity contribution in [3.05, 3.63) is 30.0 Å². The Bertz CT molecular complexity index is 711. The summed E-state index contributed by atoms with van der Waals surface area (Å²) in [7, 11) is 0. The number of H-pyrrole nitrogens is 1. The third-order valence-electron chi connectivity index (χ3n) is 4.39. The minimum absolute atomic E-state index is 0.189. The highest BCUT2D eigenvalue weighted by Gasteiger charge is 2.18. The Kier molecular flexibility index (Phi) is 7.18. The second-order valence-corrected chi connectivity index (χ2v) is 6.28. The number of aromatic amines is 1. The maximum absolute atomic E-state index is 11.9. The summed E-state index contributed by atoms with van der Waals surface area (Å²) < 4.78 is 16.2. The number of aromatic nitrogens is 3. The van der Waals surface area contributed by atoms with Crippen molar-refractivity contribution in [3.8, 4) is 17.0 Å². The van der Waals surface area contributed by atoms with Crippen molar-refractivity contribution in [1.29, 1.82) is 0 Å². The molecule has 0 atom stereocenters. The number of ether oxygens (including phenoxy) is 3. The molecule has 3 rings (SSSR count). The summed E-state index contributed by atoms with van der Waals surface area (Å²) in [5.74, 6) is 0.313. The monoisotopic (exact) mass is 374 g/mol. The zero-order valence-corrected chi connectivity index (χ0v) is 15.6. The number of nitrogens with zero attached hydrogens (tertiary/aromatic N) is 3. The second kappa shape index (κ2) is 10.0. The number of carbonyl (C=O) groups is 1. The standard InChI is InChI=1S/C19H26N4O4/c1-2-26-19(24)18-17(20-22-21-18)15-5-7-16(8-6-15)27-12-4-3-9-23-10-13-25-14-11-23/h5-8H,2-4,9-14H2,1H3,(H,20,21,22). The van der Waals surface area contributed by atoms with E-state index in [2.05, 4.69) is 20.3 Å². The van der Waals surface area contributed by atoms with Crippen LogP contribution in [0.25, 0.3) is 11.3 Å². The van der Waals surface area contributed by atoms with E-state index in [-0.39, 0.29) is 5.69 Å². The Morgan fingerprint density at radius 3 is 2.70 bits per heavy atom. The predicted octanol–water partition coefficient (Wildman–Crippen LogP) is 2.14. The number of unbranched alkanes of at least 4 members (excludes halogenated alkanes) is 1. The Labute approximate surface area is 158 Å². The van der Waals surface area contributed by atoms with Gasteiger partial charge in [-0.1, -0.05) is 0 Å². The van der Waals surface area contributed by atoms with Crippen LogP contribution >= 0.6 is 0 Å². The van der Waals surface area contributed by atoms with Gasteiger partial charge in [-0.25, -0.2) is 4.79 Å². The fourth-order valence-electron chi connectivity index (χ4n) is 2.94. The lowest BCUT2D eigenvalue weighted by molar-refractivity contribution is 0.0368. The van der Waals surface area contributed by atoms with Crippen LogP contribution in [-0.4, -0.2) is 72.3 Å². The highest BCUT2D eigenvalue weighted by molar-refractivity contribution is 5.93. The molecule has 1 fully saturated rings. The number of morpholine rings is 1. The van der Waals surface area contributed by atoms with Crippen molar-refractivity contribution in [1.82, 2.24) is 20.3 Å². The number of esters is 1. The highest BCUT2D eigenvalue weighted by atomic mass is 16.5.